The number of carbonyl (C=O) groups is 1. The fraction of sp³-hybridized carbons (Fsp3) is 0.222. The van der Waals surface area contributed by atoms with Crippen LogP contribution in [-0.4, -0.2) is 43.8 Å². The maximum atomic E-state index is 13.0. The van der Waals surface area contributed by atoms with Crippen LogP contribution in [0.15, 0.2) is 36.9 Å². The van der Waals surface area contributed by atoms with Crippen LogP contribution in [0.4, 0.5) is 10.2 Å². The second kappa shape index (κ2) is 5.76. The van der Waals surface area contributed by atoms with Crippen molar-refractivity contribution in [2.24, 2.45) is 5.92 Å². The van der Waals surface area contributed by atoms with Gasteiger partial charge in [-0.2, -0.15) is 5.10 Å². The number of hydrogen-bond acceptors (Lipinski definition) is 5. The number of hydrogen-bond donors (Lipinski definition) is 2. The number of amides is 1. The van der Waals surface area contributed by atoms with E-state index in [0.717, 1.165) is 16.5 Å². The molecular weight excluding hydrogens is 351 g/mol. The van der Waals surface area contributed by atoms with E-state index in [1.54, 1.807) is 17.7 Å². The summed E-state index contributed by atoms with van der Waals surface area (Å²) in [6.07, 6.45) is 4.35. The monoisotopic (exact) mass is 366 g/mol. The highest BCUT2D eigenvalue weighted by atomic mass is 19.1. The average Bonchev–Trinajstić information content (AvgIpc) is 3.07. The summed E-state index contributed by atoms with van der Waals surface area (Å²) < 4.78 is 20.2. The molecule has 5 rings (SSSR count). The molecule has 4 aromatic rings. The number of alkyl halides is 1. The van der Waals surface area contributed by atoms with Crippen LogP contribution in [0.3, 0.4) is 0 Å². The predicted molar refractivity (Wildman–Crippen MR) is 96.3 cm³/mol. The molecule has 0 spiro atoms. The lowest BCUT2D eigenvalue weighted by atomic mass is 10.1. The van der Waals surface area contributed by atoms with Crippen molar-refractivity contribution in [3.8, 4) is 16.9 Å². The first-order valence-electron chi connectivity index (χ1n) is 8.45. The molecule has 0 aliphatic heterocycles. The lowest BCUT2D eigenvalue weighted by Crippen LogP contribution is -2.15. The van der Waals surface area contributed by atoms with Gasteiger partial charge in [-0.25, -0.2) is 18.9 Å². The zero-order valence-electron chi connectivity index (χ0n) is 14.3. The summed E-state index contributed by atoms with van der Waals surface area (Å²) in [6.45, 7) is 0. The normalized spacial score (nSPS) is 18.7. The van der Waals surface area contributed by atoms with E-state index in [9.17, 15) is 9.18 Å². The number of aromatic nitrogens is 5. The van der Waals surface area contributed by atoms with Crippen LogP contribution in [-0.2, 0) is 4.79 Å². The highest BCUT2D eigenvalue weighted by molar-refractivity contribution is 5.99. The van der Waals surface area contributed by atoms with E-state index in [2.05, 4.69) is 25.4 Å². The highest BCUT2D eigenvalue weighted by Crippen LogP contribution is 2.37. The van der Waals surface area contributed by atoms with Crippen LogP contribution in [0, 0.1) is 5.92 Å². The molecule has 9 heteroatoms. The van der Waals surface area contributed by atoms with Gasteiger partial charge in [-0.15, -0.1) is 0 Å². The fourth-order valence-corrected chi connectivity index (χ4v) is 3.23. The molecule has 1 amide bonds. The van der Waals surface area contributed by atoms with Gasteiger partial charge >= 0.3 is 0 Å². The summed E-state index contributed by atoms with van der Waals surface area (Å²) in [5.74, 6) is 0.108. The second-order valence-corrected chi connectivity index (χ2v) is 6.43. The lowest BCUT2D eigenvalue weighted by molar-refractivity contribution is -0.117. The number of halogens is 1. The highest BCUT2D eigenvalue weighted by Gasteiger charge is 2.43. The second-order valence-electron chi connectivity index (χ2n) is 6.43. The number of ether oxygens (including phenoxy) is 1. The van der Waals surface area contributed by atoms with Gasteiger partial charge in [-0.1, -0.05) is 0 Å². The summed E-state index contributed by atoms with van der Waals surface area (Å²) >= 11 is 0. The zero-order chi connectivity index (χ0) is 18.5. The predicted octanol–water partition coefficient (Wildman–Crippen LogP) is 2.58. The van der Waals surface area contributed by atoms with Gasteiger partial charge in [0.25, 0.3) is 0 Å². The molecule has 2 atom stereocenters. The first-order chi connectivity index (χ1) is 13.2. The van der Waals surface area contributed by atoms with Gasteiger partial charge in [0.05, 0.1) is 13.0 Å². The largest absolute Gasteiger partial charge is 0.492 e. The molecule has 4 aromatic heterocycles. The Bertz CT molecular complexity index is 1180. The molecule has 2 unspecified atom stereocenters. The minimum absolute atomic E-state index is 0.283. The van der Waals surface area contributed by atoms with Crippen molar-refractivity contribution < 1.29 is 13.9 Å². The van der Waals surface area contributed by atoms with Gasteiger partial charge in [0, 0.05) is 28.9 Å². The first kappa shape index (κ1) is 15.7. The maximum absolute atomic E-state index is 13.0. The molecule has 8 nitrogen and oxygen atoms in total. The summed E-state index contributed by atoms with van der Waals surface area (Å²) in [5.41, 5.74) is 2.97. The summed E-state index contributed by atoms with van der Waals surface area (Å²) in [6, 6.07) is 5.46. The minimum atomic E-state index is -1.04. The minimum Gasteiger partial charge on any atom is -0.492 e. The molecule has 0 saturated heterocycles. The number of nitrogens with zero attached hydrogens (tertiary/aromatic N) is 4. The maximum Gasteiger partial charge on any atom is 0.231 e. The third-order valence-corrected chi connectivity index (χ3v) is 4.74. The molecule has 4 heterocycles. The van der Waals surface area contributed by atoms with E-state index in [4.69, 9.17) is 4.74 Å². The average molecular weight is 366 g/mol. The number of nitrogens with one attached hydrogen (secondary N) is 2. The first-order valence-corrected chi connectivity index (χ1v) is 8.45. The number of carbonyl (C=O) groups excluding carboxylic acids is 1. The number of methoxy groups -OCH3 is 1. The molecule has 0 bridgehead atoms. The Labute approximate surface area is 152 Å². The van der Waals surface area contributed by atoms with E-state index in [-0.39, 0.29) is 12.3 Å². The van der Waals surface area contributed by atoms with Crippen molar-refractivity contribution in [1.82, 2.24) is 24.6 Å². The standard InChI is InChI=1S/C18H15FN6O2/c1-27-15-9(4-5-25-17(15)21-8-22-25)12-7-20-16-10(12)2-3-14(23-16)24-18(26)11-6-13(11)19/h2-5,7-8,11,13H,6H2,1H3,(H2,20,23,24,26). The van der Waals surface area contributed by atoms with Crippen molar-refractivity contribution in [2.45, 2.75) is 12.6 Å². The van der Waals surface area contributed by atoms with E-state index in [1.807, 2.05) is 24.5 Å². The van der Waals surface area contributed by atoms with Crippen LogP contribution in [0.5, 0.6) is 5.75 Å². The Kier molecular flexibility index (Phi) is 3.36. The van der Waals surface area contributed by atoms with Crippen LogP contribution in [0.2, 0.25) is 0 Å². The fourth-order valence-electron chi connectivity index (χ4n) is 3.23. The number of pyridine rings is 2. The Morgan fingerprint density at radius 1 is 1.37 bits per heavy atom. The van der Waals surface area contributed by atoms with Crippen molar-refractivity contribution in [1.29, 1.82) is 0 Å². The number of fused-ring (bicyclic) bond motifs is 2. The molecule has 0 aromatic carbocycles. The molecular formula is C18H15FN6O2. The van der Waals surface area contributed by atoms with Crippen molar-refractivity contribution in [3.05, 3.63) is 36.9 Å². The SMILES string of the molecule is COc1c(-c2c[nH]c3nc(NC(=O)C4CC4F)ccc23)ccn2ncnc12. The van der Waals surface area contributed by atoms with Crippen LogP contribution in [0.1, 0.15) is 6.42 Å². The van der Waals surface area contributed by atoms with Crippen molar-refractivity contribution >= 4 is 28.4 Å². The molecule has 136 valence electrons. The molecule has 0 radical (unpaired) electrons. The molecule has 1 aliphatic rings. The molecule has 27 heavy (non-hydrogen) atoms. The van der Waals surface area contributed by atoms with E-state index >= 15 is 0 Å². The Morgan fingerprint density at radius 3 is 3.00 bits per heavy atom. The van der Waals surface area contributed by atoms with Gasteiger partial charge in [-0.3, -0.25) is 4.79 Å². The molecule has 1 fully saturated rings. The van der Waals surface area contributed by atoms with E-state index in [0.29, 0.717) is 22.9 Å². The third-order valence-electron chi connectivity index (χ3n) is 4.74. The topological polar surface area (TPSA) is 97.2 Å². The Hall–Kier alpha value is -3.49. The van der Waals surface area contributed by atoms with Crippen LogP contribution >= 0.6 is 0 Å². The number of H-pyrrole nitrogens is 1. The van der Waals surface area contributed by atoms with Gasteiger partial charge in [0.2, 0.25) is 5.91 Å². The number of rotatable bonds is 4. The molecule has 1 saturated carbocycles. The van der Waals surface area contributed by atoms with Gasteiger partial charge in [0.1, 0.15) is 24.0 Å². The number of aromatic amines is 1. The van der Waals surface area contributed by atoms with E-state index in [1.165, 1.54) is 6.33 Å². The van der Waals surface area contributed by atoms with Crippen LogP contribution in [0.25, 0.3) is 27.8 Å². The Morgan fingerprint density at radius 2 is 2.22 bits per heavy atom. The zero-order valence-corrected chi connectivity index (χ0v) is 14.3. The quantitative estimate of drug-likeness (QED) is 0.579. The van der Waals surface area contributed by atoms with Gasteiger partial charge in [0.15, 0.2) is 11.4 Å². The van der Waals surface area contributed by atoms with Gasteiger partial charge < -0.3 is 15.0 Å². The van der Waals surface area contributed by atoms with Crippen molar-refractivity contribution in [3.63, 3.8) is 0 Å². The molecule has 2 N–H and O–H groups in total. The lowest BCUT2D eigenvalue weighted by Gasteiger charge is -2.09. The number of anilines is 1. The van der Waals surface area contributed by atoms with Gasteiger partial charge in [-0.05, 0) is 24.6 Å². The summed E-state index contributed by atoms with van der Waals surface area (Å²) in [4.78, 5) is 23.7. The van der Waals surface area contributed by atoms with Crippen molar-refractivity contribution in [2.75, 3.05) is 12.4 Å². The molecule has 1 aliphatic carbocycles. The third kappa shape index (κ3) is 2.50. The Balaban J connectivity index is 1.54. The summed E-state index contributed by atoms with van der Waals surface area (Å²) in [7, 11) is 1.59. The van der Waals surface area contributed by atoms with Crippen LogP contribution < -0.4 is 10.1 Å². The summed E-state index contributed by atoms with van der Waals surface area (Å²) in [5, 5.41) is 7.64. The van der Waals surface area contributed by atoms with E-state index < -0.39 is 12.1 Å². The smallest absolute Gasteiger partial charge is 0.231 e.